The number of pyridine rings is 1. The van der Waals surface area contributed by atoms with E-state index in [1.807, 2.05) is 51.1 Å². The topological polar surface area (TPSA) is 91.0 Å². The van der Waals surface area contributed by atoms with Crippen molar-refractivity contribution >= 4 is 17.5 Å². The van der Waals surface area contributed by atoms with Gasteiger partial charge in [-0.15, -0.1) is 0 Å². The minimum Gasteiger partial charge on any atom is -0.353 e. The maximum atomic E-state index is 13.7. The molecule has 0 fully saturated rings. The van der Waals surface area contributed by atoms with E-state index >= 15 is 0 Å². The molecule has 0 spiro atoms. The van der Waals surface area contributed by atoms with Crippen LogP contribution in [0.25, 0.3) is 0 Å². The molecule has 0 aliphatic rings. The van der Waals surface area contributed by atoms with Gasteiger partial charge in [-0.25, -0.2) is 4.98 Å². The van der Waals surface area contributed by atoms with Crippen molar-refractivity contribution in [2.45, 2.75) is 53.0 Å². The van der Waals surface area contributed by atoms with Crippen LogP contribution in [0.4, 0.5) is 5.69 Å². The summed E-state index contributed by atoms with van der Waals surface area (Å²) in [7, 11) is 0. The van der Waals surface area contributed by atoms with Crippen LogP contribution < -0.4 is 10.2 Å². The van der Waals surface area contributed by atoms with Crippen molar-refractivity contribution < 1.29 is 9.59 Å². The Morgan fingerprint density at radius 2 is 1.70 bits per heavy atom. The van der Waals surface area contributed by atoms with Gasteiger partial charge in [-0.05, 0) is 34.6 Å². The molecule has 0 saturated carbocycles. The van der Waals surface area contributed by atoms with Gasteiger partial charge in [-0.1, -0.05) is 59.7 Å². The van der Waals surface area contributed by atoms with Crippen LogP contribution in [0.2, 0.25) is 0 Å². The number of hydrogen-bond acceptors (Lipinski definition) is 4. The van der Waals surface area contributed by atoms with E-state index in [2.05, 4.69) is 41.0 Å². The number of aromatic nitrogens is 3. The minimum atomic E-state index is -0.905. The van der Waals surface area contributed by atoms with E-state index in [1.165, 1.54) is 17.4 Å². The molecule has 3 aromatic rings. The van der Waals surface area contributed by atoms with Crippen LogP contribution >= 0.6 is 0 Å². The van der Waals surface area contributed by atoms with Gasteiger partial charge in [0, 0.05) is 30.2 Å². The monoisotopic (exact) mass is 447 g/mol. The lowest BCUT2D eigenvalue weighted by atomic mass is 9.87. The number of nitrogens with zero attached hydrogens (tertiary/aromatic N) is 3. The number of imidazole rings is 1. The third-order valence-corrected chi connectivity index (χ3v) is 5.26. The van der Waals surface area contributed by atoms with E-state index in [9.17, 15) is 9.59 Å². The number of benzene rings is 1. The molecule has 1 aromatic carbocycles. The van der Waals surface area contributed by atoms with Crippen LogP contribution in [0.3, 0.4) is 0 Å². The molecule has 0 radical (unpaired) electrons. The Morgan fingerprint density at radius 3 is 2.21 bits per heavy atom. The zero-order valence-corrected chi connectivity index (χ0v) is 20.2. The van der Waals surface area contributed by atoms with E-state index in [0.717, 1.165) is 5.56 Å². The number of carbonyl (C=O) groups excluding carboxylic acids is 2. The zero-order valence-electron chi connectivity index (χ0n) is 20.2. The largest absolute Gasteiger partial charge is 0.353 e. The maximum absolute atomic E-state index is 13.7. The lowest BCUT2D eigenvalue weighted by Gasteiger charge is -2.32. The van der Waals surface area contributed by atoms with Crippen molar-refractivity contribution in [1.29, 1.82) is 0 Å². The van der Waals surface area contributed by atoms with Gasteiger partial charge < -0.3 is 10.3 Å². The molecule has 0 aliphatic carbocycles. The summed E-state index contributed by atoms with van der Waals surface area (Å²) in [5.74, 6) is -0.624. The van der Waals surface area contributed by atoms with Gasteiger partial charge in [0.15, 0.2) is 0 Å². The number of nitrogens with one attached hydrogen (secondary N) is 2. The van der Waals surface area contributed by atoms with Crippen molar-refractivity contribution in [2.24, 2.45) is 5.41 Å². The molecule has 2 amide bonds. The van der Waals surface area contributed by atoms with E-state index < -0.39 is 6.04 Å². The van der Waals surface area contributed by atoms with Crippen molar-refractivity contribution in [2.75, 3.05) is 11.4 Å². The number of carbonyl (C=O) groups is 2. The van der Waals surface area contributed by atoms with Crippen molar-refractivity contribution in [3.63, 3.8) is 0 Å². The molecule has 33 heavy (non-hydrogen) atoms. The molecule has 3 rings (SSSR count). The summed E-state index contributed by atoms with van der Waals surface area (Å²) in [4.78, 5) is 39.8. The third-order valence-electron chi connectivity index (χ3n) is 5.26. The maximum Gasteiger partial charge on any atom is 0.277 e. The fraction of sp³-hybridized carbons (Fsp3) is 0.385. The zero-order chi connectivity index (χ0) is 24.2. The Morgan fingerprint density at radius 1 is 1.00 bits per heavy atom. The van der Waals surface area contributed by atoms with Crippen molar-refractivity contribution in [1.82, 2.24) is 20.3 Å². The first kappa shape index (κ1) is 24.2. The standard InChI is InChI=1S/C26H33N5O2/c1-25(2,3)16-29-23(32)22(18-8-7-13-27-14-18)31(24(33)21-15-28-17-30-21)20-11-9-19(10-12-20)26(4,5)6/h7-15,17,22H,16H2,1-6H3,(H,28,30)(H,29,32). The Bertz CT molecular complexity index is 1060. The Balaban J connectivity index is 2.11. The SMILES string of the molecule is CC(C)(C)CNC(=O)C(c1cccnc1)N(C(=O)c1cnc[nH]1)c1ccc(C(C)(C)C)cc1. The highest BCUT2D eigenvalue weighted by Crippen LogP contribution is 2.31. The number of rotatable bonds is 6. The lowest BCUT2D eigenvalue weighted by Crippen LogP contribution is -2.46. The van der Waals surface area contributed by atoms with E-state index in [1.54, 1.807) is 18.5 Å². The first-order chi connectivity index (χ1) is 15.5. The van der Waals surface area contributed by atoms with E-state index in [0.29, 0.717) is 23.5 Å². The van der Waals surface area contributed by atoms with Gasteiger partial charge in [-0.2, -0.15) is 0 Å². The highest BCUT2D eigenvalue weighted by atomic mass is 16.2. The fourth-order valence-corrected chi connectivity index (χ4v) is 3.41. The van der Waals surface area contributed by atoms with Crippen LogP contribution in [0.5, 0.6) is 0 Å². The average molecular weight is 448 g/mol. The van der Waals surface area contributed by atoms with Crippen molar-refractivity contribution in [3.05, 3.63) is 78.1 Å². The summed E-state index contributed by atoms with van der Waals surface area (Å²) in [6.07, 6.45) is 6.18. The molecule has 1 atom stereocenters. The second kappa shape index (κ2) is 9.57. The normalized spacial score (nSPS) is 12.8. The summed E-state index contributed by atoms with van der Waals surface area (Å²) in [5.41, 5.74) is 2.52. The smallest absolute Gasteiger partial charge is 0.277 e. The molecule has 7 nitrogen and oxygen atoms in total. The second-order valence-electron chi connectivity index (χ2n) is 10.4. The van der Waals surface area contributed by atoms with Crippen LogP contribution in [0.1, 0.15) is 69.2 Å². The second-order valence-corrected chi connectivity index (χ2v) is 10.4. The van der Waals surface area contributed by atoms with Gasteiger partial charge in [0.05, 0.1) is 12.5 Å². The molecule has 174 valence electrons. The number of H-pyrrole nitrogens is 1. The Kier molecular flexibility index (Phi) is 7.01. The number of amides is 2. The van der Waals surface area contributed by atoms with Crippen LogP contribution in [-0.4, -0.2) is 33.3 Å². The van der Waals surface area contributed by atoms with E-state index in [4.69, 9.17) is 0 Å². The van der Waals surface area contributed by atoms with Gasteiger partial charge in [0.25, 0.3) is 5.91 Å². The van der Waals surface area contributed by atoms with Gasteiger partial charge >= 0.3 is 0 Å². The summed E-state index contributed by atoms with van der Waals surface area (Å²) >= 11 is 0. The molecule has 2 heterocycles. The molecular formula is C26H33N5O2. The van der Waals surface area contributed by atoms with Crippen LogP contribution in [-0.2, 0) is 10.2 Å². The number of aromatic amines is 1. The summed E-state index contributed by atoms with van der Waals surface area (Å²) in [5, 5.41) is 3.02. The third kappa shape index (κ3) is 6.06. The predicted molar refractivity (Wildman–Crippen MR) is 130 cm³/mol. The molecule has 7 heteroatoms. The first-order valence-corrected chi connectivity index (χ1v) is 11.1. The fourth-order valence-electron chi connectivity index (χ4n) is 3.41. The molecule has 2 aromatic heterocycles. The number of anilines is 1. The van der Waals surface area contributed by atoms with Gasteiger partial charge in [-0.3, -0.25) is 19.5 Å². The summed E-state index contributed by atoms with van der Waals surface area (Å²) in [6, 6.07) is 10.4. The highest BCUT2D eigenvalue weighted by molar-refractivity contribution is 6.09. The molecule has 0 saturated heterocycles. The predicted octanol–water partition coefficient (Wildman–Crippen LogP) is 4.65. The van der Waals surface area contributed by atoms with Gasteiger partial charge in [0.1, 0.15) is 11.7 Å². The minimum absolute atomic E-state index is 0.0381. The molecule has 0 aliphatic heterocycles. The van der Waals surface area contributed by atoms with E-state index in [-0.39, 0.29) is 22.6 Å². The lowest BCUT2D eigenvalue weighted by molar-refractivity contribution is -0.122. The van der Waals surface area contributed by atoms with Crippen LogP contribution in [0, 0.1) is 5.41 Å². The molecule has 2 N–H and O–H groups in total. The van der Waals surface area contributed by atoms with Crippen molar-refractivity contribution in [3.8, 4) is 0 Å². The Hall–Kier alpha value is -3.48. The molecule has 0 bridgehead atoms. The quantitative estimate of drug-likeness (QED) is 0.575. The molecule has 1 unspecified atom stereocenters. The average Bonchev–Trinajstić information content (AvgIpc) is 3.30. The van der Waals surface area contributed by atoms with Gasteiger partial charge in [0.2, 0.25) is 5.91 Å². The Labute approximate surface area is 195 Å². The van der Waals surface area contributed by atoms with Crippen LogP contribution in [0.15, 0.2) is 61.3 Å². The first-order valence-electron chi connectivity index (χ1n) is 11.1. The molecular weight excluding hydrogens is 414 g/mol. The summed E-state index contributed by atoms with van der Waals surface area (Å²) < 4.78 is 0. The highest BCUT2D eigenvalue weighted by Gasteiger charge is 2.34. The summed E-state index contributed by atoms with van der Waals surface area (Å²) in [6.45, 7) is 13.0. The number of hydrogen-bond donors (Lipinski definition) is 2.